The fourth-order valence-corrected chi connectivity index (χ4v) is 4.23. The maximum atomic E-state index is 12.6. The van der Waals surface area contributed by atoms with Crippen LogP contribution in [0.2, 0.25) is 0 Å². The van der Waals surface area contributed by atoms with E-state index in [1.54, 1.807) is 4.90 Å². The molecule has 1 fully saturated rings. The Bertz CT molecular complexity index is 872. The molecular formula is C21H25N3O3S. The molecule has 28 heavy (non-hydrogen) atoms. The number of benzene rings is 1. The molecule has 148 valence electrons. The molecule has 7 heteroatoms. The first-order valence-electron chi connectivity index (χ1n) is 9.79. The first kappa shape index (κ1) is 18.9. The minimum atomic E-state index is -0.0319. The predicted molar refractivity (Wildman–Crippen MR) is 109 cm³/mol. The minimum Gasteiger partial charge on any atom is -0.484 e. The number of fused-ring (bicyclic) bond motifs is 1. The van der Waals surface area contributed by atoms with Gasteiger partial charge in [0.15, 0.2) is 11.7 Å². The van der Waals surface area contributed by atoms with Gasteiger partial charge in [0, 0.05) is 23.8 Å². The van der Waals surface area contributed by atoms with E-state index in [1.807, 2.05) is 24.3 Å². The van der Waals surface area contributed by atoms with Gasteiger partial charge in [-0.25, -0.2) is 4.98 Å². The second kappa shape index (κ2) is 7.91. The quantitative estimate of drug-likeness (QED) is 0.806. The summed E-state index contributed by atoms with van der Waals surface area (Å²) in [6.07, 6.45) is 2.65. The highest BCUT2D eigenvalue weighted by Gasteiger charge is 2.31. The highest BCUT2D eigenvalue weighted by Crippen LogP contribution is 2.33. The van der Waals surface area contributed by atoms with E-state index in [2.05, 4.69) is 24.1 Å². The predicted octanol–water partition coefficient (Wildman–Crippen LogP) is 3.58. The molecule has 1 saturated carbocycles. The number of nitrogens with zero attached hydrogens (tertiary/aromatic N) is 2. The molecule has 2 aliphatic rings. The van der Waals surface area contributed by atoms with E-state index < -0.39 is 0 Å². The van der Waals surface area contributed by atoms with Gasteiger partial charge in [0.25, 0.3) is 5.91 Å². The van der Waals surface area contributed by atoms with Gasteiger partial charge in [-0.1, -0.05) is 37.3 Å². The van der Waals surface area contributed by atoms with E-state index in [-0.39, 0.29) is 24.3 Å². The Balaban J connectivity index is 1.31. The molecule has 1 N–H and O–H groups in total. The van der Waals surface area contributed by atoms with E-state index in [0.717, 1.165) is 23.4 Å². The highest BCUT2D eigenvalue weighted by molar-refractivity contribution is 7.15. The lowest BCUT2D eigenvalue weighted by atomic mass is 10.0. The van der Waals surface area contributed by atoms with Crippen LogP contribution in [0.1, 0.15) is 48.7 Å². The maximum Gasteiger partial charge on any atom is 0.260 e. The van der Waals surface area contributed by atoms with Gasteiger partial charge < -0.3 is 15.0 Å². The van der Waals surface area contributed by atoms with Gasteiger partial charge in [0.1, 0.15) is 5.75 Å². The third kappa shape index (κ3) is 4.35. The second-order valence-corrected chi connectivity index (χ2v) is 8.81. The average Bonchev–Trinajstić information content (AvgIpc) is 3.46. The molecule has 1 aliphatic carbocycles. The Morgan fingerprint density at radius 3 is 2.71 bits per heavy atom. The SMILES string of the molecule is CC(C)c1ccc(OCC(=O)N2CCc3nc(NC(=O)C4CC4)sc3C2)cc1. The van der Waals surface area contributed by atoms with Crippen molar-refractivity contribution in [1.82, 2.24) is 9.88 Å². The summed E-state index contributed by atoms with van der Waals surface area (Å²) in [6.45, 7) is 5.47. The maximum absolute atomic E-state index is 12.6. The smallest absolute Gasteiger partial charge is 0.260 e. The van der Waals surface area contributed by atoms with Crippen molar-refractivity contribution in [2.24, 2.45) is 5.92 Å². The molecule has 1 aromatic carbocycles. The summed E-state index contributed by atoms with van der Waals surface area (Å²) in [5.41, 5.74) is 2.24. The molecule has 2 aromatic rings. The topological polar surface area (TPSA) is 71.5 Å². The molecule has 0 radical (unpaired) electrons. The van der Waals surface area contributed by atoms with Gasteiger partial charge in [-0.15, -0.1) is 0 Å². The number of thiazole rings is 1. The summed E-state index contributed by atoms with van der Waals surface area (Å²) >= 11 is 1.47. The van der Waals surface area contributed by atoms with Crippen molar-refractivity contribution in [1.29, 1.82) is 0 Å². The van der Waals surface area contributed by atoms with Gasteiger partial charge in [0.05, 0.1) is 12.2 Å². The van der Waals surface area contributed by atoms with Gasteiger partial charge in [-0.3, -0.25) is 9.59 Å². The van der Waals surface area contributed by atoms with Crippen LogP contribution in [0.25, 0.3) is 0 Å². The van der Waals surface area contributed by atoms with Crippen molar-refractivity contribution in [3.05, 3.63) is 40.4 Å². The summed E-state index contributed by atoms with van der Waals surface area (Å²) in [6, 6.07) is 7.89. The number of rotatable bonds is 6. The summed E-state index contributed by atoms with van der Waals surface area (Å²) < 4.78 is 5.67. The van der Waals surface area contributed by atoms with Crippen molar-refractivity contribution < 1.29 is 14.3 Å². The van der Waals surface area contributed by atoms with Crippen molar-refractivity contribution in [2.75, 3.05) is 18.5 Å². The number of anilines is 1. The Morgan fingerprint density at radius 1 is 1.29 bits per heavy atom. The number of carbonyl (C=O) groups excluding carboxylic acids is 2. The number of aromatic nitrogens is 1. The Hall–Kier alpha value is -2.41. The Labute approximate surface area is 168 Å². The molecule has 0 atom stereocenters. The summed E-state index contributed by atoms with van der Waals surface area (Å²) in [4.78, 5) is 31.8. The summed E-state index contributed by atoms with van der Waals surface area (Å²) in [5.74, 6) is 1.37. The zero-order valence-electron chi connectivity index (χ0n) is 16.2. The third-order valence-electron chi connectivity index (χ3n) is 5.17. The molecule has 6 nitrogen and oxygen atoms in total. The fourth-order valence-electron chi connectivity index (χ4n) is 3.20. The number of hydrogen-bond donors (Lipinski definition) is 1. The summed E-state index contributed by atoms with van der Waals surface area (Å²) in [7, 11) is 0. The third-order valence-corrected chi connectivity index (χ3v) is 6.17. The summed E-state index contributed by atoms with van der Waals surface area (Å²) in [5, 5.41) is 3.56. The van der Waals surface area contributed by atoms with E-state index in [9.17, 15) is 9.59 Å². The molecule has 1 aliphatic heterocycles. The number of carbonyl (C=O) groups is 2. The molecule has 2 amide bonds. The van der Waals surface area contributed by atoms with Gasteiger partial charge in [-0.05, 0) is 36.5 Å². The number of hydrogen-bond acceptors (Lipinski definition) is 5. The van der Waals surface area contributed by atoms with Crippen molar-refractivity contribution in [3.8, 4) is 5.75 Å². The standard InChI is InChI=1S/C21H25N3O3S/c1-13(2)14-5-7-16(8-6-14)27-12-19(25)24-10-9-17-18(11-24)28-21(22-17)23-20(26)15-3-4-15/h5-8,13,15H,3-4,9-12H2,1-2H3,(H,22,23,26). The average molecular weight is 400 g/mol. The minimum absolute atomic E-state index is 0.0282. The van der Waals surface area contributed by atoms with E-state index in [1.165, 1.54) is 16.9 Å². The fraction of sp³-hybridized carbons (Fsp3) is 0.476. The highest BCUT2D eigenvalue weighted by atomic mass is 32.1. The van der Waals surface area contributed by atoms with Crippen LogP contribution < -0.4 is 10.1 Å². The van der Waals surface area contributed by atoms with Crippen molar-refractivity contribution in [2.45, 2.75) is 45.6 Å². The van der Waals surface area contributed by atoms with Crippen LogP contribution in [0, 0.1) is 5.92 Å². The first-order chi connectivity index (χ1) is 13.5. The van der Waals surface area contributed by atoms with Crippen LogP contribution in [0.3, 0.4) is 0 Å². The lowest BCUT2D eigenvalue weighted by Gasteiger charge is -2.26. The Kier molecular flexibility index (Phi) is 5.35. The normalized spacial score (nSPS) is 16.0. The monoisotopic (exact) mass is 399 g/mol. The van der Waals surface area contributed by atoms with E-state index in [4.69, 9.17) is 4.74 Å². The van der Waals surface area contributed by atoms with Gasteiger partial charge >= 0.3 is 0 Å². The molecule has 1 aromatic heterocycles. The molecule has 0 spiro atoms. The van der Waals surface area contributed by atoms with Crippen LogP contribution in [0.15, 0.2) is 24.3 Å². The molecule has 0 bridgehead atoms. The van der Waals surface area contributed by atoms with Gasteiger partial charge in [0.2, 0.25) is 5.91 Å². The van der Waals surface area contributed by atoms with Crippen LogP contribution in [0.4, 0.5) is 5.13 Å². The van der Waals surface area contributed by atoms with Crippen LogP contribution in [0.5, 0.6) is 5.75 Å². The molecule has 0 saturated heterocycles. The lowest BCUT2D eigenvalue weighted by Crippen LogP contribution is -2.38. The zero-order valence-corrected chi connectivity index (χ0v) is 17.1. The zero-order chi connectivity index (χ0) is 19.7. The first-order valence-corrected chi connectivity index (χ1v) is 10.6. The van der Waals surface area contributed by atoms with Crippen molar-refractivity contribution >= 4 is 28.3 Å². The van der Waals surface area contributed by atoms with Gasteiger partial charge in [-0.2, -0.15) is 0 Å². The van der Waals surface area contributed by atoms with Crippen LogP contribution in [-0.2, 0) is 22.6 Å². The lowest BCUT2D eigenvalue weighted by molar-refractivity contribution is -0.134. The molecule has 2 heterocycles. The number of amides is 2. The van der Waals surface area contributed by atoms with Crippen molar-refractivity contribution in [3.63, 3.8) is 0 Å². The Morgan fingerprint density at radius 2 is 2.04 bits per heavy atom. The van der Waals surface area contributed by atoms with E-state index in [0.29, 0.717) is 36.3 Å². The number of ether oxygens (including phenoxy) is 1. The van der Waals surface area contributed by atoms with E-state index >= 15 is 0 Å². The largest absolute Gasteiger partial charge is 0.484 e. The van der Waals surface area contributed by atoms with Crippen LogP contribution >= 0.6 is 11.3 Å². The second-order valence-electron chi connectivity index (χ2n) is 7.73. The molecule has 4 rings (SSSR count). The molecular weight excluding hydrogens is 374 g/mol. The molecule has 0 unspecified atom stereocenters. The number of nitrogens with one attached hydrogen (secondary N) is 1. The van der Waals surface area contributed by atoms with Crippen LogP contribution in [-0.4, -0.2) is 34.8 Å².